The third-order valence-electron chi connectivity index (χ3n) is 3.21. The molecule has 0 radical (unpaired) electrons. The van der Waals surface area contributed by atoms with Crippen molar-refractivity contribution in [3.63, 3.8) is 0 Å². The van der Waals surface area contributed by atoms with Crippen LogP contribution < -0.4 is 16.6 Å². The van der Waals surface area contributed by atoms with Crippen LogP contribution in [0.25, 0.3) is 0 Å². The number of aryl methyl sites for hydroxylation is 1. The summed E-state index contributed by atoms with van der Waals surface area (Å²) in [6, 6.07) is 5.87. The molecule has 122 valence electrons. The van der Waals surface area contributed by atoms with Crippen molar-refractivity contribution in [1.29, 1.82) is 0 Å². The smallest absolute Gasteiger partial charge is 0.325 e. The Labute approximate surface area is 136 Å². The van der Waals surface area contributed by atoms with E-state index in [0.29, 0.717) is 0 Å². The number of thioether (sulfide) groups is 1. The van der Waals surface area contributed by atoms with Gasteiger partial charge in [0.05, 0.1) is 5.75 Å². The molecule has 2 rings (SSSR count). The first-order valence-electron chi connectivity index (χ1n) is 7.09. The van der Waals surface area contributed by atoms with Crippen LogP contribution in [0.1, 0.15) is 30.9 Å². The SMILES string of the molecule is Cc1cccc(C(C)C)c1NC(=O)CSc1n[nH]c(=O)[nH]c1=O. The number of H-pyrrole nitrogens is 2. The summed E-state index contributed by atoms with van der Waals surface area (Å²) in [5.74, 6) is 0.0636. The van der Waals surface area contributed by atoms with Crippen LogP contribution in [0.2, 0.25) is 0 Å². The fourth-order valence-corrected chi connectivity index (χ4v) is 2.72. The number of carbonyl (C=O) groups excluding carboxylic acids is 1. The quantitative estimate of drug-likeness (QED) is 0.720. The van der Waals surface area contributed by atoms with Gasteiger partial charge < -0.3 is 5.32 Å². The van der Waals surface area contributed by atoms with Crippen LogP contribution in [-0.4, -0.2) is 26.8 Å². The van der Waals surface area contributed by atoms with Gasteiger partial charge in [0, 0.05) is 5.69 Å². The van der Waals surface area contributed by atoms with E-state index in [0.717, 1.165) is 28.6 Å². The van der Waals surface area contributed by atoms with Gasteiger partial charge in [0.25, 0.3) is 5.56 Å². The monoisotopic (exact) mass is 334 g/mol. The first-order chi connectivity index (χ1) is 10.9. The van der Waals surface area contributed by atoms with Crippen LogP contribution in [0.15, 0.2) is 32.8 Å². The molecule has 23 heavy (non-hydrogen) atoms. The summed E-state index contributed by atoms with van der Waals surface area (Å²) in [6.07, 6.45) is 0. The number of carbonyl (C=O) groups is 1. The molecule has 0 saturated heterocycles. The number of para-hydroxylation sites is 1. The van der Waals surface area contributed by atoms with Crippen molar-refractivity contribution in [3.8, 4) is 0 Å². The Bertz CT molecular complexity index is 826. The number of aromatic amines is 2. The molecule has 0 saturated carbocycles. The molecule has 0 fully saturated rings. The average molecular weight is 334 g/mol. The fraction of sp³-hybridized carbons (Fsp3) is 0.333. The number of nitrogens with zero attached hydrogens (tertiary/aromatic N) is 1. The predicted octanol–water partition coefficient (Wildman–Crippen LogP) is 1.62. The zero-order valence-corrected chi connectivity index (χ0v) is 13.9. The van der Waals surface area contributed by atoms with Gasteiger partial charge in [0.1, 0.15) is 0 Å². The first kappa shape index (κ1) is 17.0. The maximum Gasteiger partial charge on any atom is 0.342 e. The highest BCUT2D eigenvalue weighted by atomic mass is 32.2. The van der Waals surface area contributed by atoms with Crippen LogP contribution in [0, 0.1) is 6.92 Å². The second-order valence-electron chi connectivity index (χ2n) is 5.34. The van der Waals surface area contributed by atoms with Gasteiger partial charge in [0.2, 0.25) is 5.91 Å². The molecule has 0 atom stereocenters. The Morgan fingerprint density at radius 2 is 2.09 bits per heavy atom. The summed E-state index contributed by atoms with van der Waals surface area (Å²) < 4.78 is 0. The molecule has 8 heteroatoms. The number of hydrogen-bond donors (Lipinski definition) is 3. The molecule has 3 N–H and O–H groups in total. The molecule has 2 aromatic rings. The van der Waals surface area contributed by atoms with Gasteiger partial charge in [0.15, 0.2) is 5.03 Å². The van der Waals surface area contributed by atoms with E-state index in [9.17, 15) is 14.4 Å². The number of nitrogens with one attached hydrogen (secondary N) is 3. The van der Waals surface area contributed by atoms with E-state index < -0.39 is 11.2 Å². The Kier molecular flexibility index (Phi) is 5.38. The fourth-order valence-electron chi connectivity index (χ4n) is 2.09. The second-order valence-corrected chi connectivity index (χ2v) is 6.31. The molecule has 0 bridgehead atoms. The second kappa shape index (κ2) is 7.28. The van der Waals surface area contributed by atoms with Crippen LogP contribution >= 0.6 is 11.8 Å². The lowest BCUT2D eigenvalue weighted by molar-refractivity contribution is -0.113. The number of rotatable bonds is 5. The molecule has 1 amide bonds. The van der Waals surface area contributed by atoms with Gasteiger partial charge in [-0.25, -0.2) is 9.89 Å². The maximum absolute atomic E-state index is 12.1. The molecule has 0 aliphatic carbocycles. The highest BCUT2D eigenvalue weighted by Crippen LogP contribution is 2.27. The number of benzene rings is 1. The van der Waals surface area contributed by atoms with E-state index in [-0.39, 0.29) is 22.6 Å². The topological polar surface area (TPSA) is 108 Å². The minimum atomic E-state index is -0.676. The number of hydrogen-bond acceptors (Lipinski definition) is 5. The summed E-state index contributed by atoms with van der Waals surface area (Å²) in [7, 11) is 0. The number of anilines is 1. The van der Waals surface area contributed by atoms with E-state index in [2.05, 4.69) is 34.3 Å². The molecule has 0 aliphatic heterocycles. The summed E-state index contributed by atoms with van der Waals surface area (Å²) >= 11 is 0.966. The molecular weight excluding hydrogens is 316 g/mol. The van der Waals surface area contributed by atoms with E-state index in [1.54, 1.807) is 0 Å². The van der Waals surface area contributed by atoms with E-state index >= 15 is 0 Å². The van der Waals surface area contributed by atoms with Crippen molar-refractivity contribution in [1.82, 2.24) is 15.2 Å². The van der Waals surface area contributed by atoms with E-state index in [4.69, 9.17) is 0 Å². The van der Waals surface area contributed by atoms with E-state index in [1.165, 1.54) is 0 Å². The van der Waals surface area contributed by atoms with Crippen molar-refractivity contribution in [3.05, 3.63) is 50.2 Å². The lowest BCUT2D eigenvalue weighted by Crippen LogP contribution is -2.26. The van der Waals surface area contributed by atoms with Gasteiger partial charge in [-0.1, -0.05) is 43.8 Å². The third-order valence-corrected chi connectivity index (χ3v) is 4.17. The normalized spacial score (nSPS) is 10.8. The minimum Gasteiger partial charge on any atom is -0.325 e. The maximum atomic E-state index is 12.1. The van der Waals surface area contributed by atoms with Gasteiger partial charge >= 0.3 is 5.69 Å². The minimum absolute atomic E-state index is 0.0218. The molecule has 1 heterocycles. The lowest BCUT2D eigenvalue weighted by Gasteiger charge is -2.16. The van der Waals surface area contributed by atoms with Crippen LogP contribution in [0.5, 0.6) is 0 Å². The summed E-state index contributed by atoms with van der Waals surface area (Å²) in [4.78, 5) is 36.6. The highest BCUT2D eigenvalue weighted by Gasteiger charge is 2.13. The predicted molar refractivity (Wildman–Crippen MR) is 90.1 cm³/mol. The van der Waals surface area contributed by atoms with Crippen molar-refractivity contribution in [2.45, 2.75) is 31.7 Å². The largest absolute Gasteiger partial charge is 0.342 e. The summed E-state index contributed by atoms with van der Waals surface area (Å²) in [5.41, 5.74) is 1.56. The molecule has 0 unspecified atom stereocenters. The third kappa shape index (κ3) is 4.32. The van der Waals surface area contributed by atoms with Gasteiger partial charge in [-0.3, -0.25) is 14.6 Å². The van der Waals surface area contributed by atoms with Crippen molar-refractivity contribution in [2.24, 2.45) is 0 Å². The Morgan fingerprint density at radius 3 is 2.74 bits per heavy atom. The van der Waals surface area contributed by atoms with Crippen LogP contribution in [-0.2, 0) is 4.79 Å². The van der Waals surface area contributed by atoms with Crippen molar-refractivity contribution < 1.29 is 4.79 Å². The lowest BCUT2D eigenvalue weighted by atomic mass is 9.98. The first-order valence-corrected chi connectivity index (χ1v) is 8.08. The Balaban J connectivity index is 2.09. The molecule has 0 aliphatic rings. The molecular formula is C15H18N4O3S. The van der Waals surface area contributed by atoms with Gasteiger partial charge in [-0.2, -0.15) is 5.10 Å². The standard InChI is InChI=1S/C15H18N4O3S/c1-8(2)10-6-4-5-9(3)12(10)16-11(20)7-23-14-13(21)17-15(22)19-18-14/h4-6,8H,7H2,1-3H3,(H,16,20)(H2,17,19,21,22). The van der Waals surface area contributed by atoms with Crippen molar-refractivity contribution >= 4 is 23.4 Å². The molecule has 0 spiro atoms. The van der Waals surface area contributed by atoms with Crippen LogP contribution in [0.4, 0.5) is 5.69 Å². The van der Waals surface area contributed by atoms with E-state index in [1.807, 2.05) is 25.1 Å². The number of amides is 1. The number of aromatic nitrogens is 3. The summed E-state index contributed by atoms with van der Waals surface area (Å²) in [6.45, 7) is 6.05. The zero-order chi connectivity index (χ0) is 17.0. The highest BCUT2D eigenvalue weighted by molar-refractivity contribution is 7.99. The molecule has 7 nitrogen and oxygen atoms in total. The van der Waals surface area contributed by atoms with Crippen molar-refractivity contribution in [2.75, 3.05) is 11.1 Å². The average Bonchev–Trinajstić information content (AvgIpc) is 2.48. The summed E-state index contributed by atoms with van der Waals surface area (Å²) in [5, 5.41) is 8.69. The Morgan fingerprint density at radius 1 is 1.35 bits per heavy atom. The Hall–Kier alpha value is -2.35. The molecule has 1 aromatic heterocycles. The van der Waals surface area contributed by atoms with Gasteiger partial charge in [-0.05, 0) is 24.0 Å². The van der Waals surface area contributed by atoms with Gasteiger partial charge in [-0.15, -0.1) is 0 Å². The molecule has 1 aromatic carbocycles. The zero-order valence-electron chi connectivity index (χ0n) is 13.1. The van der Waals surface area contributed by atoms with Crippen LogP contribution in [0.3, 0.4) is 0 Å².